The first kappa shape index (κ1) is 19.3. The van der Waals surface area contributed by atoms with Crippen molar-refractivity contribution in [2.45, 2.75) is 12.5 Å². The largest absolute Gasteiger partial charge is 0.493 e. The van der Waals surface area contributed by atoms with Gasteiger partial charge in [-0.1, -0.05) is 47.5 Å². The number of carbonyl (C=O) groups excluding carboxylic acids is 2. The van der Waals surface area contributed by atoms with Gasteiger partial charge < -0.3 is 14.8 Å². The number of carbonyl (C=O) groups is 2. The molecule has 0 saturated heterocycles. The summed E-state index contributed by atoms with van der Waals surface area (Å²) in [6, 6.07) is 12.4. The predicted molar refractivity (Wildman–Crippen MR) is 104 cm³/mol. The fourth-order valence-electron chi connectivity index (χ4n) is 2.69. The summed E-state index contributed by atoms with van der Waals surface area (Å²) in [6.45, 7) is 0.165. The van der Waals surface area contributed by atoms with Gasteiger partial charge in [-0.2, -0.15) is 0 Å². The first-order valence-electron chi connectivity index (χ1n) is 8.34. The minimum absolute atomic E-state index is 0.159. The third kappa shape index (κ3) is 5.25. The molecule has 5 nitrogen and oxygen atoms in total. The summed E-state index contributed by atoms with van der Waals surface area (Å²) in [6.07, 6.45) is 3.43. The maximum Gasteiger partial charge on any atom is 0.331 e. The molecule has 2 aromatic rings. The molecule has 1 unspecified atom stereocenters. The van der Waals surface area contributed by atoms with Crippen LogP contribution in [0.15, 0.2) is 48.5 Å². The number of fused-ring (bicyclic) bond motifs is 1. The summed E-state index contributed by atoms with van der Waals surface area (Å²) in [4.78, 5) is 23.9. The lowest BCUT2D eigenvalue weighted by molar-refractivity contribution is -0.144. The fourth-order valence-corrected chi connectivity index (χ4v) is 3.00. The summed E-state index contributed by atoms with van der Waals surface area (Å²) in [5, 5.41) is 3.69. The van der Waals surface area contributed by atoms with Crippen LogP contribution in [0.3, 0.4) is 0 Å². The van der Waals surface area contributed by atoms with E-state index in [1.54, 1.807) is 18.2 Å². The van der Waals surface area contributed by atoms with Gasteiger partial charge in [-0.3, -0.25) is 4.79 Å². The van der Waals surface area contributed by atoms with Gasteiger partial charge in [0.15, 0.2) is 6.61 Å². The van der Waals surface area contributed by atoms with Gasteiger partial charge in [0.05, 0.1) is 22.7 Å². The number of benzene rings is 2. The number of halogens is 2. The summed E-state index contributed by atoms with van der Waals surface area (Å²) in [5.41, 5.74) is 1.62. The number of esters is 1. The molecule has 0 aliphatic carbocycles. The van der Waals surface area contributed by atoms with Gasteiger partial charge >= 0.3 is 5.97 Å². The van der Waals surface area contributed by atoms with E-state index in [2.05, 4.69) is 5.32 Å². The molecular weight excluding hydrogens is 389 g/mol. The number of ether oxygens (including phenoxy) is 2. The number of para-hydroxylation sites is 1. The van der Waals surface area contributed by atoms with Gasteiger partial charge in [0.1, 0.15) is 5.75 Å². The Hall–Kier alpha value is -2.50. The minimum Gasteiger partial charge on any atom is -0.493 e. The van der Waals surface area contributed by atoms with Crippen LogP contribution in [0.5, 0.6) is 5.75 Å². The normalized spacial score (nSPS) is 15.7. The second-order valence-electron chi connectivity index (χ2n) is 5.91. The molecule has 1 heterocycles. The summed E-state index contributed by atoms with van der Waals surface area (Å²) in [7, 11) is 0. The van der Waals surface area contributed by atoms with Gasteiger partial charge in [-0.05, 0) is 29.8 Å². The molecule has 1 aliphatic heterocycles. The molecule has 0 aromatic heterocycles. The molecule has 0 saturated carbocycles. The van der Waals surface area contributed by atoms with E-state index in [0.29, 0.717) is 28.6 Å². The average Bonchev–Trinajstić information content (AvgIpc) is 2.67. The van der Waals surface area contributed by atoms with E-state index < -0.39 is 5.97 Å². The third-order valence-corrected chi connectivity index (χ3v) is 4.73. The lowest BCUT2D eigenvalue weighted by Gasteiger charge is -2.26. The molecular formula is C20H17Cl2NO4. The van der Waals surface area contributed by atoms with Crippen LogP contribution >= 0.6 is 23.2 Å². The first-order chi connectivity index (χ1) is 13.0. The monoisotopic (exact) mass is 405 g/mol. The quantitative estimate of drug-likeness (QED) is 0.598. The number of amides is 1. The molecule has 1 N–H and O–H groups in total. The summed E-state index contributed by atoms with van der Waals surface area (Å²) >= 11 is 11.8. The van der Waals surface area contributed by atoms with Crippen molar-refractivity contribution in [3.05, 3.63) is 69.7 Å². The standard InChI is InChI=1S/C20H17Cl2NO4/c21-15-7-5-13(11-16(15)22)6-8-20(25)27-12-19(24)23-17-9-10-26-18-4-2-1-3-14(17)18/h1-8,11,17H,9-10,12H2,(H,23,24)/b8-6+. The van der Waals surface area contributed by atoms with E-state index in [0.717, 1.165) is 11.3 Å². The van der Waals surface area contributed by atoms with Crippen molar-refractivity contribution in [1.82, 2.24) is 5.32 Å². The molecule has 7 heteroatoms. The van der Waals surface area contributed by atoms with Crippen LogP contribution in [0.2, 0.25) is 10.0 Å². The fraction of sp³-hybridized carbons (Fsp3) is 0.200. The molecule has 0 bridgehead atoms. The number of nitrogens with one attached hydrogen (secondary N) is 1. The van der Waals surface area contributed by atoms with Crippen molar-refractivity contribution in [3.63, 3.8) is 0 Å². The third-order valence-electron chi connectivity index (χ3n) is 3.99. The van der Waals surface area contributed by atoms with E-state index in [1.807, 2.05) is 24.3 Å². The first-order valence-corrected chi connectivity index (χ1v) is 9.09. The number of hydrogen-bond acceptors (Lipinski definition) is 4. The van der Waals surface area contributed by atoms with E-state index in [-0.39, 0.29) is 18.6 Å². The second-order valence-corrected chi connectivity index (χ2v) is 6.72. The molecule has 27 heavy (non-hydrogen) atoms. The summed E-state index contributed by atoms with van der Waals surface area (Å²) in [5.74, 6) is -0.229. The Bertz CT molecular complexity index is 882. The van der Waals surface area contributed by atoms with Crippen LogP contribution in [0.25, 0.3) is 6.08 Å². The Morgan fingerprint density at radius 1 is 1.19 bits per heavy atom. The second kappa shape index (κ2) is 8.93. The number of rotatable bonds is 5. The zero-order valence-electron chi connectivity index (χ0n) is 14.3. The topological polar surface area (TPSA) is 64.6 Å². The van der Waals surface area contributed by atoms with Crippen LogP contribution in [0, 0.1) is 0 Å². The molecule has 0 fully saturated rings. The zero-order valence-corrected chi connectivity index (χ0v) is 15.8. The highest BCUT2D eigenvalue weighted by molar-refractivity contribution is 6.42. The Balaban J connectivity index is 1.50. The van der Waals surface area contributed by atoms with Crippen molar-refractivity contribution in [1.29, 1.82) is 0 Å². The smallest absolute Gasteiger partial charge is 0.331 e. The molecule has 1 aliphatic rings. The maximum atomic E-state index is 12.1. The van der Waals surface area contributed by atoms with E-state index in [9.17, 15) is 9.59 Å². The van der Waals surface area contributed by atoms with E-state index in [4.69, 9.17) is 32.7 Å². The Morgan fingerprint density at radius 2 is 2.00 bits per heavy atom. The molecule has 1 amide bonds. The van der Waals surface area contributed by atoms with Gasteiger partial charge in [0.2, 0.25) is 0 Å². The maximum absolute atomic E-state index is 12.1. The molecule has 0 radical (unpaired) electrons. The Kier molecular flexibility index (Phi) is 6.37. The van der Waals surface area contributed by atoms with Crippen LogP contribution in [0.4, 0.5) is 0 Å². The van der Waals surface area contributed by atoms with Crippen molar-refractivity contribution in [2.75, 3.05) is 13.2 Å². The zero-order chi connectivity index (χ0) is 19.2. The van der Waals surface area contributed by atoms with E-state index >= 15 is 0 Å². The number of hydrogen-bond donors (Lipinski definition) is 1. The lowest BCUT2D eigenvalue weighted by Crippen LogP contribution is -2.34. The molecule has 3 rings (SSSR count). The van der Waals surface area contributed by atoms with Crippen LogP contribution in [-0.4, -0.2) is 25.1 Å². The highest BCUT2D eigenvalue weighted by Gasteiger charge is 2.22. The van der Waals surface area contributed by atoms with Crippen molar-refractivity contribution < 1.29 is 19.1 Å². The molecule has 140 valence electrons. The minimum atomic E-state index is -0.622. The SMILES string of the molecule is O=C(COC(=O)/C=C/c1ccc(Cl)c(Cl)c1)NC1CCOc2ccccc21. The van der Waals surface area contributed by atoms with Crippen molar-refractivity contribution in [2.24, 2.45) is 0 Å². The van der Waals surface area contributed by atoms with Crippen molar-refractivity contribution >= 4 is 41.2 Å². The van der Waals surface area contributed by atoms with Gasteiger partial charge in [0, 0.05) is 18.1 Å². The van der Waals surface area contributed by atoms with Gasteiger partial charge in [-0.15, -0.1) is 0 Å². The van der Waals surface area contributed by atoms with Crippen LogP contribution in [0.1, 0.15) is 23.6 Å². The van der Waals surface area contributed by atoms with Crippen LogP contribution < -0.4 is 10.1 Å². The van der Waals surface area contributed by atoms with Gasteiger partial charge in [-0.25, -0.2) is 4.79 Å². The molecule has 0 spiro atoms. The van der Waals surface area contributed by atoms with Gasteiger partial charge in [0.25, 0.3) is 5.91 Å². The highest BCUT2D eigenvalue weighted by atomic mass is 35.5. The predicted octanol–water partition coefficient (Wildman–Crippen LogP) is 4.19. The molecule has 1 atom stereocenters. The molecule has 2 aromatic carbocycles. The van der Waals surface area contributed by atoms with Crippen LogP contribution in [-0.2, 0) is 14.3 Å². The van der Waals surface area contributed by atoms with Crippen molar-refractivity contribution in [3.8, 4) is 5.75 Å². The summed E-state index contributed by atoms with van der Waals surface area (Å²) < 4.78 is 10.5. The Labute approximate surface area is 166 Å². The van der Waals surface area contributed by atoms with E-state index in [1.165, 1.54) is 12.2 Å². The lowest BCUT2D eigenvalue weighted by atomic mass is 10.0. The average molecular weight is 406 g/mol. The Morgan fingerprint density at radius 3 is 2.81 bits per heavy atom. The highest BCUT2D eigenvalue weighted by Crippen LogP contribution is 2.31.